The molecule has 2 rings (SSSR count). The summed E-state index contributed by atoms with van der Waals surface area (Å²) in [6.45, 7) is 0. The molecule has 0 aromatic heterocycles. The van der Waals surface area contributed by atoms with Crippen molar-refractivity contribution in [1.82, 2.24) is 0 Å². The molecule has 0 N–H and O–H groups in total. The van der Waals surface area contributed by atoms with E-state index in [4.69, 9.17) is 23.2 Å². The number of hydrogen-bond acceptors (Lipinski definition) is 1. The highest BCUT2D eigenvalue weighted by atomic mass is 35.5. The van der Waals surface area contributed by atoms with Gasteiger partial charge in [-0.25, -0.2) is 4.39 Å². The Kier molecular flexibility index (Phi) is 4.56. The van der Waals surface area contributed by atoms with Gasteiger partial charge in [0.05, 0.1) is 0 Å². The van der Waals surface area contributed by atoms with Crippen LogP contribution < -0.4 is 0 Å². The number of ketones is 1. The molecule has 98 valence electrons. The van der Waals surface area contributed by atoms with Crippen molar-refractivity contribution in [2.45, 2.75) is 12.8 Å². The van der Waals surface area contributed by atoms with Crippen LogP contribution in [0, 0.1) is 5.82 Å². The molecule has 0 spiro atoms. The number of benzene rings is 2. The molecule has 0 aliphatic rings. The van der Waals surface area contributed by atoms with E-state index in [1.54, 1.807) is 6.07 Å². The topological polar surface area (TPSA) is 17.1 Å². The molecule has 2 aromatic carbocycles. The molecule has 4 heteroatoms. The summed E-state index contributed by atoms with van der Waals surface area (Å²) >= 11 is 11.9. The first kappa shape index (κ1) is 14.0. The Labute approximate surface area is 121 Å². The third-order valence-corrected chi connectivity index (χ3v) is 3.47. The van der Waals surface area contributed by atoms with Gasteiger partial charge in [-0.15, -0.1) is 0 Å². The zero-order valence-corrected chi connectivity index (χ0v) is 11.5. The number of Topliss-reactive ketones (excluding diaryl/α,β-unsaturated/α-hetero) is 1. The van der Waals surface area contributed by atoms with Gasteiger partial charge in [-0.3, -0.25) is 4.79 Å². The van der Waals surface area contributed by atoms with Gasteiger partial charge in [0.25, 0.3) is 0 Å². The van der Waals surface area contributed by atoms with Crippen molar-refractivity contribution in [3.63, 3.8) is 0 Å². The maximum Gasteiger partial charge on any atom is 0.141 e. The van der Waals surface area contributed by atoms with E-state index >= 15 is 0 Å². The second-order valence-corrected chi connectivity index (χ2v) is 5.03. The van der Waals surface area contributed by atoms with Gasteiger partial charge in [-0.1, -0.05) is 47.5 Å². The van der Waals surface area contributed by atoms with Crippen molar-refractivity contribution in [2.24, 2.45) is 0 Å². The van der Waals surface area contributed by atoms with Crippen molar-refractivity contribution in [3.05, 3.63) is 69.5 Å². The van der Waals surface area contributed by atoms with Gasteiger partial charge in [0, 0.05) is 22.9 Å². The van der Waals surface area contributed by atoms with E-state index in [-0.39, 0.29) is 23.6 Å². The average molecular weight is 297 g/mol. The summed E-state index contributed by atoms with van der Waals surface area (Å²) in [7, 11) is 0. The molecule has 0 saturated carbocycles. The van der Waals surface area contributed by atoms with E-state index < -0.39 is 5.82 Å². The van der Waals surface area contributed by atoms with Crippen LogP contribution in [0.2, 0.25) is 10.0 Å². The second-order valence-electron chi connectivity index (χ2n) is 4.22. The summed E-state index contributed by atoms with van der Waals surface area (Å²) in [5.41, 5.74) is 1.41. The minimum atomic E-state index is -0.410. The molecule has 0 fully saturated rings. The fourth-order valence-electron chi connectivity index (χ4n) is 1.79. The Bertz CT molecular complexity index is 611. The van der Waals surface area contributed by atoms with Crippen molar-refractivity contribution in [1.29, 1.82) is 0 Å². The van der Waals surface area contributed by atoms with Crippen molar-refractivity contribution < 1.29 is 9.18 Å². The molecule has 0 radical (unpaired) electrons. The summed E-state index contributed by atoms with van der Waals surface area (Å²) in [5, 5.41) is 0.841. The van der Waals surface area contributed by atoms with Crippen molar-refractivity contribution >= 4 is 29.0 Å². The van der Waals surface area contributed by atoms with Gasteiger partial charge in [0.15, 0.2) is 0 Å². The zero-order valence-electron chi connectivity index (χ0n) is 10.00. The molecule has 1 nitrogen and oxygen atoms in total. The third-order valence-electron chi connectivity index (χ3n) is 2.75. The molecule has 0 aliphatic carbocycles. The van der Waals surface area contributed by atoms with Crippen LogP contribution in [0.4, 0.5) is 4.39 Å². The van der Waals surface area contributed by atoms with Gasteiger partial charge in [0.1, 0.15) is 11.6 Å². The Morgan fingerprint density at radius 1 is 0.947 bits per heavy atom. The molecule has 2 aromatic rings. The number of rotatable bonds is 4. The van der Waals surface area contributed by atoms with Gasteiger partial charge >= 0.3 is 0 Å². The van der Waals surface area contributed by atoms with E-state index in [0.29, 0.717) is 10.6 Å². The second kappa shape index (κ2) is 6.18. The molecule has 19 heavy (non-hydrogen) atoms. The molecule has 0 unspecified atom stereocenters. The number of carbonyl (C=O) groups is 1. The lowest BCUT2D eigenvalue weighted by Gasteiger charge is -2.05. The highest BCUT2D eigenvalue weighted by Crippen LogP contribution is 2.20. The normalized spacial score (nSPS) is 10.5. The molecule has 0 bridgehead atoms. The van der Waals surface area contributed by atoms with Crippen LogP contribution >= 0.6 is 23.2 Å². The van der Waals surface area contributed by atoms with Gasteiger partial charge in [0.2, 0.25) is 0 Å². The number of carbonyl (C=O) groups excluding carboxylic acids is 1. The molecular weight excluding hydrogens is 286 g/mol. The van der Waals surface area contributed by atoms with Crippen LogP contribution in [-0.4, -0.2) is 5.78 Å². The van der Waals surface area contributed by atoms with E-state index in [1.807, 2.05) is 18.2 Å². The minimum Gasteiger partial charge on any atom is -0.299 e. The van der Waals surface area contributed by atoms with Crippen LogP contribution in [0.3, 0.4) is 0 Å². The molecule has 0 heterocycles. The molecule has 0 aliphatic heterocycles. The van der Waals surface area contributed by atoms with Crippen molar-refractivity contribution in [3.8, 4) is 0 Å². The first-order valence-electron chi connectivity index (χ1n) is 5.75. The molecule has 0 atom stereocenters. The predicted molar refractivity (Wildman–Crippen MR) is 75.3 cm³/mol. The fraction of sp³-hybridized carbons (Fsp3) is 0.133. The number of halogens is 3. The quantitative estimate of drug-likeness (QED) is 0.812. The summed E-state index contributed by atoms with van der Waals surface area (Å²) in [6.07, 6.45) is 0.414. The van der Waals surface area contributed by atoms with Crippen LogP contribution in [0.5, 0.6) is 0 Å². The van der Waals surface area contributed by atoms with E-state index in [0.717, 1.165) is 5.56 Å². The monoisotopic (exact) mass is 296 g/mol. The smallest absolute Gasteiger partial charge is 0.141 e. The standard InChI is InChI=1S/C15H11Cl2FO/c16-14-4-2-1-3-10(14)7-13(19)8-11-5-6-12(18)9-15(11)17/h1-6,9H,7-8H2. The van der Waals surface area contributed by atoms with Crippen LogP contribution in [0.15, 0.2) is 42.5 Å². The number of hydrogen-bond donors (Lipinski definition) is 0. The third kappa shape index (κ3) is 3.79. The maximum atomic E-state index is 12.9. The maximum absolute atomic E-state index is 12.9. The highest BCUT2D eigenvalue weighted by molar-refractivity contribution is 6.32. The van der Waals surface area contributed by atoms with Gasteiger partial charge in [-0.2, -0.15) is 0 Å². The lowest BCUT2D eigenvalue weighted by atomic mass is 10.0. The summed E-state index contributed by atoms with van der Waals surface area (Å²) in [5.74, 6) is -0.422. The molecule has 0 amide bonds. The Hall–Kier alpha value is -1.38. The van der Waals surface area contributed by atoms with Gasteiger partial charge < -0.3 is 0 Å². The van der Waals surface area contributed by atoms with Crippen molar-refractivity contribution in [2.75, 3.05) is 0 Å². The van der Waals surface area contributed by atoms with Crippen LogP contribution in [-0.2, 0) is 17.6 Å². The average Bonchev–Trinajstić information content (AvgIpc) is 2.36. The lowest BCUT2D eigenvalue weighted by molar-refractivity contribution is -0.117. The van der Waals surface area contributed by atoms with E-state index in [1.165, 1.54) is 18.2 Å². The first-order chi connectivity index (χ1) is 9.06. The Morgan fingerprint density at radius 2 is 1.58 bits per heavy atom. The Morgan fingerprint density at radius 3 is 2.21 bits per heavy atom. The molecular formula is C15H11Cl2FO. The summed E-state index contributed by atoms with van der Waals surface area (Å²) in [6, 6.07) is 11.2. The first-order valence-corrected chi connectivity index (χ1v) is 6.51. The SMILES string of the molecule is O=C(Cc1ccccc1Cl)Cc1ccc(F)cc1Cl. The summed E-state index contributed by atoms with van der Waals surface area (Å²) < 4.78 is 12.9. The van der Waals surface area contributed by atoms with Crippen LogP contribution in [0.1, 0.15) is 11.1 Å². The fourth-order valence-corrected chi connectivity index (χ4v) is 2.23. The largest absolute Gasteiger partial charge is 0.299 e. The van der Waals surface area contributed by atoms with E-state index in [9.17, 15) is 9.18 Å². The lowest BCUT2D eigenvalue weighted by Crippen LogP contribution is -2.07. The van der Waals surface area contributed by atoms with E-state index in [2.05, 4.69) is 0 Å². The predicted octanol–water partition coefficient (Wildman–Crippen LogP) is 4.49. The summed E-state index contributed by atoms with van der Waals surface area (Å²) in [4.78, 5) is 12.0. The Balaban J connectivity index is 2.08. The van der Waals surface area contributed by atoms with Crippen LogP contribution in [0.25, 0.3) is 0 Å². The minimum absolute atomic E-state index is 0.0124. The zero-order chi connectivity index (χ0) is 13.8. The highest BCUT2D eigenvalue weighted by Gasteiger charge is 2.10. The van der Waals surface area contributed by atoms with Gasteiger partial charge in [-0.05, 0) is 29.3 Å². The molecule has 0 saturated heterocycles.